The number of aromatic nitrogens is 1. The molecule has 0 bridgehead atoms. The van der Waals surface area contributed by atoms with Crippen molar-refractivity contribution in [2.24, 2.45) is 0 Å². The van der Waals surface area contributed by atoms with Crippen LogP contribution < -0.4 is 10.6 Å². The molecule has 2 amide bonds. The van der Waals surface area contributed by atoms with Gasteiger partial charge in [-0.1, -0.05) is 23.5 Å². The zero-order valence-electron chi connectivity index (χ0n) is 12.7. The van der Waals surface area contributed by atoms with Crippen LogP contribution in [0.2, 0.25) is 0 Å². The topological polar surface area (TPSA) is 105 Å². The summed E-state index contributed by atoms with van der Waals surface area (Å²) in [5.74, 6) is -1.07. The molecule has 1 aromatic carbocycles. The Bertz CT molecular complexity index is 796. The second-order valence-electron chi connectivity index (χ2n) is 5.15. The van der Waals surface area contributed by atoms with Gasteiger partial charge < -0.3 is 10.6 Å². The van der Waals surface area contributed by atoms with E-state index in [2.05, 4.69) is 15.6 Å². The fraction of sp³-hybridized carbons (Fsp3) is 0.357. The number of nitrogens with one attached hydrogen (secondary N) is 2. The van der Waals surface area contributed by atoms with Crippen LogP contribution in [0, 0.1) is 0 Å². The van der Waals surface area contributed by atoms with Gasteiger partial charge in [-0.3, -0.25) is 9.59 Å². The summed E-state index contributed by atoms with van der Waals surface area (Å²) in [4.78, 5) is 27.8. The van der Waals surface area contributed by atoms with Crippen molar-refractivity contribution in [2.75, 3.05) is 17.3 Å². The quantitative estimate of drug-likeness (QED) is 0.809. The van der Waals surface area contributed by atoms with Gasteiger partial charge in [-0.15, -0.1) is 0 Å². The van der Waals surface area contributed by atoms with Crippen molar-refractivity contribution < 1.29 is 18.0 Å². The van der Waals surface area contributed by atoms with Gasteiger partial charge in [0.1, 0.15) is 15.9 Å². The van der Waals surface area contributed by atoms with Crippen LogP contribution in [0.3, 0.4) is 0 Å². The zero-order chi connectivity index (χ0) is 17.0. The van der Waals surface area contributed by atoms with Crippen LogP contribution in [0.15, 0.2) is 24.3 Å². The lowest BCUT2D eigenvalue weighted by molar-refractivity contribution is -0.125. The molecule has 1 heterocycles. The molecule has 0 aliphatic carbocycles. The highest BCUT2D eigenvalue weighted by atomic mass is 32.2. The number of sulfone groups is 1. The number of hydrogen-bond acceptors (Lipinski definition) is 6. The Morgan fingerprint density at radius 1 is 1.30 bits per heavy atom. The number of amides is 2. The number of anilines is 1. The third-order valence-corrected chi connectivity index (χ3v) is 4.92. The molecule has 7 nitrogen and oxygen atoms in total. The molecule has 0 saturated heterocycles. The second kappa shape index (κ2) is 7.05. The van der Waals surface area contributed by atoms with E-state index in [1.165, 1.54) is 18.3 Å². The van der Waals surface area contributed by atoms with Crippen molar-refractivity contribution in [3.05, 3.63) is 24.3 Å². The Balaban J connectivity index is 2.10. The molecule has 2 N–H and O–H groups in total. The first kappa shape index (κ1) is 17.4. The Hall–Kier alpha value is -2.00. The summed E-state index contributed by atoms with van der Waals surface area (Å²) in [7, 11) is -3.23. The first-order valence-corrected chi connectivity index (χ1v) is 9.73. The number of rotatable bonds is 6. The summed E-state index contributed by atoms with van der Waals surface area (Å²) in [5.41, 5.74) is 0.764. The number of para-hydroxylation sites is 1. The van der Waals surface area contributed by atoms with E-state index in [4.69, 9.17) is 0 Å². The highest BCUT2D eigenvalue weighted by Gasteiger charge is 2.22. The van der Waals surface area contributed by atoms with Crippen molar-refractivity contribution in [2.45, 2.75) is 19.4 Å². The van der Waals surface area contributed by atoms with Gasteiger partial charge in [0.25, 0.3) is 0 Å². The van der Waals surface area contributed by atoms with Gasteiger partial charge in [0, 0.05) is 13.2 Å². The Morgan fingerprint density at radius 3 is 2.61 bits per heavy atom. The largest absolute Gasteiger partial charge is 0.345 e. The number of nitrogens with zero attached hydrogens (tertiary/aromatic N) is 1. The molecule has 0 aliphatic heterocycles. The molecule has 9 heteroatoms. The van der Waals surface area contributed by atoms with E-state index in [1.807, 2.05) is 24.3 Å². The maximum atomic E-state index is 12.3. The SMILES string of the molecule is CC(=O)N[C@@H](CCS(C)(=O)=O)C(=O)Nc1nc2ccccc2s1. The van der Waals surface area contributed by atoms with Gasteiger partial charge in [0.05, 0.1) is 16.0 Å². The zero-order valence-corrected chi connectivity index (χ0v) is 14.3. The molecular weight excluding hydrogens is 338 g/mol. The van der Waals surface area contributed by atoms with Crippen LogP contribution in [-0.2, 0) is 19.4 Å². The summed E-state index contributed by atoms with van der Waals surface area (Å²) in [6.07, 6.45) is 1.10. The van der Waals surface area contributed by atoms with Gasteiger partial charge in [0.2, 0.25) is 11.8 Å². The number of benzene rings is 1. The molecule has 0 saturated carbocycles. The minimum absolute atomic E-state index is 0.00907. The summed E-state index contributed by atoms with van der Waals surface area (Å²) >= 11 is 1.31. The normalized spacial score (nSPS) is 12.8. The minimum Gasteiger partial charge on any atom is -0.345 e. The van der Waals surface area contributed by atoms with Crippen LogP contribution in [-0.4, -0.2) is 43.3 Å². The Morgan fingerprint density at radius 2 is 2.00 bits per heavy atom. The molecule has 2 rings (SSSR count). The first-order valence-electron chi connectivity index (χ1n) is 6.86. The monoisotopic (exact) mass is 355 g/mol. The summed E-state index contributed by atoms with van der Waals surface area (Å²) in [6, 6.07) is 6.51. The fourth-order valence-corrected chi connectivity index (χ4v) is 3.50. The van der Waals surface area contributed by atoms with Crippen molar-refractivity contribution in [3.8, 4) is 0 Å². The van der Waals surface area contributed by atoms with Gasteiger partial charge in [-0.05, 0) is 18.6 Å². The molecule has 124 valence electrons. The number of hydrogen-bond donors (Lipinski definition) is 2. The van der Waals surface area contributed by atoms with Crippen molar-refractivity contribution >= 4 is 48.3 Å². The fourth-order valence-electron chi connectivity index (χ4n) is 1.96. The van der Waals surface area contributed by atoms with Gasteiger partial charge in [-0.2, -0.15) is 0 Å². The van der Waals surface area contributed by atoms with Crippen molar-refractivity contribution in [1.82, 2.24) is 10.3 Å². The van der Waals surface area contributed by atoms with E-state index in [0.717, 1.165) is 16.5 Å². The molecule has 0 fully saturated rings. The summed E-state index contributed by atoms with van der Waals surface area (Å²) in [5, 5.41) is 5.51. The van der Waals surface area contributed by atoms with Gasteiger partial charge in [-0.25, -0.2) is 13.4 Å². The van der Waals surface area contributed by atoms with Gasteiger partial charge >= 0.3 is 0 Å². The average molecular weight is 355 g/mol. The summed E-state index contributed by atoms with van der Waals surface area (Å²) < 4.78 is 23.5. The molecule has 2 aromatic rings. The van der Waals surface area contributed by atoms with Crippen molar-refractivity contribution in [3.63, 3.8) is 0 Å². The average Bonchev–Trinajstić information content (AvgIpc) is 2.84. The highest BCUT2D eigenvalue weighted by molar-refractivity contribution is 7.90. The standard InChI is InChI=1S/C14H17N3O4S2/c1-9(18)15-11(7-8-23(2,20)21)13(19)17-14-16-10-5-3-4-6-12(10)22-14/h3-6,11H,7-8H2,1-2H3,(H,15,18)(H,16,17,19)/t11-/m0/s1. The van der Waals surface area contributed by atoms with E-state index in [9.17, 15) is 18.0 Å². The summed E-state index contributed by atoms with van der Waals surface area (Å²) in [6.45, 7) is 1.28. The number of carbonyl (C=O) groups is 2. The predicted octanol–water partition coefficient (Wildman–Crippen LogP) is 1.17. The van der Waals surface area contributed by atoms with E-state index >= 15 is 0 Å². The molecule has 1 atom stereocenters. The van der Waals surface area contributed by atoms with Crippen LogP contribution in [0.4, 0.5) is 5.13 Å². The minimum atomic E-state index is -3.23. The number of carbonyl (C=O) groups excluding carboxylic acids is 2. The maximum absolute atomic E-state index is 12.3. The van der Waals surface area contributed by atoms with E-state index in [0.29, 0.717) is 5.13 Å². The third-order valence-electron chi connectivity index (χ3n) is 3.00. The van der Waals surface area contributed by atoms with Crippen LogP contribution >= 0.6 is 11.3 Å². The van der Waals surface area contributed by atoms with E-state index in [-0.39, 0.29) is 12.2 Å². The molecule has 0 unspecified atom stereocenters. The molecule has 23 heavy (non-hydrogen) atoms. The highest BCUT2D eigenvalue weighted by Crippen LogP contribution is 2.25. The first-order chi connectivity index (χ1) is 10.7. The predicted molar refractivity (Wildman–Crippen MR) is 90.2 cm³/mol. The molecular formula is C14H17N3O4S2. The lowest BCUT2D eigenvalue weighted by atomic mass is 10.2. The Kier molecular flexibility index (Phi) is 5.32. The number of fused-ring (bicyclic) bond motifs is 1. The smallest absolute Gasteiger partial charge is 0.248 e. The maximum Gasteiger partial charge on any atom is 0.248 e. The molecule has 0 spiro atoms. The Labute approximate surface area is 138 Å². The van der Waals surface area contributed by atoms with Gasteiger partial charge in [0.15, 0.2) is 5.13 Å². The molecule has 0 radical (unpaired) electrons. The lowest BCUT2D eigenvalue weighted by Crippen LogP contribution is -2.43. The third kappa shape index (κ3) is 5.29. The van der Waals surface area contributed by atoms with E-state index < -0.39 is 27.7 Å². The lowest BCUT2D eigenvalue weighted by Gasteiger charge is -2.16. The van der Waals surface area contributed by atoms with Crippen LogP contribution in [0.1, 0.15) is 13.3 Å². The van der Waals surface area contributed by atoms with Crippen LogP contribution in [0.25, 0.3) is 10.2 Å². The van der Waals surface area contributed by atoms with Crippen molar-refractivity contribution in [1.29, 1.82) is 0 Å². The second-order valence-corrected chi connectivity index (χ2v) is 8.44. The molecule has 0 aliphatic rings. The molecule has 1 aromatic heterocycles. The van der Waals surface area contributed by atoms with E-state index in [1.54, 1.807) is 0 Å². The number of thiazole rings is 1. The van der Waals surface area contributed by atoms with Crippen LogP contribution in [0.5, 0.6) is 0 Å².